The van der Waals surface area contributed by atoms with Gasteiger partial charge in [-0.05, 0) is 7.05 Å². The number of azide groups is 1. The van der Waals surface area contributed by atoms with Crippen molar-refractivity contribution in [1.82, 2.24) is 4.90 Å². The molecule has 0 saturated carbocycles. The Bertz CT molecular complexity index is 173. The Morgan fingerprint density at radius 2 is 2.40 bits per heavy atom. The number of hydrogen-bond donors (Lipinski definition) is 0. The number of nitrogens with zero attached hydrogens (tertiary/aromatic N) is 5. The van der Waals surface area contributed by atoms with Crippen molar-refractivity contribution < 1.29 is 4.59 Å². The minimum atomic E-state index is 0.465. The maximum absolute atomic E-state index is 8.20. The van der Waals surface area contributed by atoms with E-state index in [0.29, 0.717) is 4.59 Å². The first-order valence-electron chi connectivity index (χ1n) is 3.26. The van der Waals surface area contributed by atoms with Crippen LogP contribution in [0.15, 0.2) is 5.22 Å². The number of likely N-dealkylation sites (N-methyl/N-ethyl adjacent to an activating group) is 2. The molecule has 0 aliphatic carbocycles. The first kappa shape index (κ1) is 7.34. The zero-order valence-electron chi connectivity index (χ0n) is 6.36. The predicted octanol–water partition coefficient (Wildman–Crippen LogP) is 0.561. The van der Waals surface area contributed by atoms with Gasteiger partial charge >= 0.3 is 0 Å². The van der Waals surface area contributed by atoms with Crippen LogP contribution in [0.25, 0.3) is 10.4 Å². The molecule has 5 heteroatoms. The van der Waals surface area contributed by atoms with E-state index in [9.17, 15) is 0 Å². The Hall–Kier alpha value is -0.770. The third-order valence-electron chi connectivity index (χ3n) is 1.77. The van der Waals surface area contributed by atoms with Crippen LogP contribution in [0, 0.1) is 0 Å². The second-order valence-electron chi connectivity index (χ2n) is 2.96. The topological polar surface area (TPSA) is 52.0 Å². The summed E-state index contributed by atoms with van der Waals surface area (Å²) in [5.41, 5.74) is 8.20. The van der Waals surface area contributed by atoms with Crippen molar-refractivity contribution in [3.8, 4) is 0 Å². The summed E-state index contributed by atoms with van der Waals surface area (Å²) in [5.74, 6) is 0. The van der Waals surface area contributed by atoms with Gasteiger partial charge in [0.25, 0.3) is 0 Å². The highest BCUT2D eigenvalue weighted by molar-refractivity contribution is 4.52. The molecule has 0 bridgehead atoms. The summed E-state index contributed by atoms with van der Waals surface area (Å²) in [6.07, 6.45) is 0. The zero-order chi connectivity index (χ0) is 7.61. The van der Waals surface area contributed by atoms with Crippen LogP contribution in [0.5, 0.6) is 0 Å². The van der Waals surface area contributed by atoms with Crippen LogP contribution in [0.4, 0.5) is 0 Å². The molecule has 1 saturated heterocycles. The fourth-order valence-electron chi connectivity index (χ4n) is 1.22. The smallest absolute Gasteiger partial charge is 0.149 e. The molecular weight excluding hydrogens is 130 g/mol. The summed E-state index contributed by atoms with van der Waals surface area (Å²) in [6.45, 7) is 2.75. The van der Waals surface area contributed by atoms with E-state index >= 15 is 0 Å². The van der Waals surface area contributed by atoms with E-state index in [1.165, 1.54) is 0 Å². The maximum atomic E-state index is 8.20. The van der Waals surface area contributed by atoms with Crippen molar-refractivity contribution in [3.63, 3.8) is 0 Å². The summed E-state index contributed by atoms with van der Waals surface area (Å²) < 4.78 is 0.465. The molecular formula is C5H12N5+. The molecule has 1 aliphatic rings. The molecule has 0 aromatic heterocycles. The quantitative estimate of drug-likeness (QED) is 0.228. The molecule has 1 heterocycles. The maximum Gasteiger partial charge on any atom is 0.149 e. The van der Waals surface area contributed by atoms with Crippen molar-refractivity contribution in [1.29, 1.82) is 0 Å². The van der Waals surface area contributed by atoms with Crippen LogP contribution in [0.1, 0.15) is 0 Å². The minimum Gasteiger partial charge on any atom is -0.253 e. The molecule has 5 nitrogen and oxygen atoms in total. The van der Waals surface area contributed by atoms with Gasteiger partial charge in [-0.3, -0.25) is 4.90 Å². The van der Waals surface area contributed by atoms with Crippen LogP contribution in [0.3, 0.4) is 0 Å². The number of rotatable bonds is 1. The van der Waals surface area contributed by atoms with Gasteiger partial charge in [0, 0.05) is 5.53 Å². The van der Waals surface area contributed by atoms with E-state index < -0.39 is 0 Å². The molecule has 1 fully saturated rings. The van der Waals surface area contributed by atoms with Crippen molar-refractivity contribution in [2.24, 2.45) is 5.22 Å². The Labute approximate surface area is 60.0 Å². The Morgan fingerprint density at radius 3 is 2.80 bits per heavy atom. The summed E-state index contributed by atoms with van der Waals surface area (Å²) >= 11 is 0. The molecule has 0 amide bonds. The fraction of sp³-hybridized carbons (Fsp3) is 1.00. The van der Waals surface area contributed by atoms with E-state index in [4.69, 9.17) is 5.53 Å². The molecule has 10 heavy (non-hydrogen) atoms. The lowest BCUT2D eigenvalue weighted by atomic mass is 10.6. The average Bonchev–Trinajstić information content (AvgIpc) is 2.12. The molecule has 0 aromatic carbocycles. The Morgan fingerprint density at radius 1 is 1.70 bits per heavy atom. The van der Waals surface area contributed by atoms with E-state index in [-0.39, 0.29) is 0 Å². The van der Waals surface area contributed by atoms with Gasteiger partial charge in [-0.15, -0.1) is 0 Å². The first-order valence-corrected chi connectivity index (χ1v) is 3.26. The molecule has 0 N–H and O–H groups in total. The van der Waals surface area contributed by atoms with Crippen molar-refractivity contribution >= 4 is 0 Å². The summed E-state index contributed by atoms with van der Waals surface area (Å²) in [5, 5.41) is 3.68. The van der Waals surface area contributed by atoms with Crippen LogP contribution >= 0.6 is 0 Å². The molecule has 1 unspecified atom stereocenters. The predicted molar refractivity (Wildman–Crippen MR) is 37.7 cm³/mol. The third kappa shape index (κ3) is 1.39. The molecule has 0 aromatic rings. The standard InChI is InChI=1S/C5H12N5/c1-9-3-4-10(2,5-9)8-7-6/h3-5H2,1-2H3/q+1. The molecule has 1 aliphatic heterocycles. The van der Waals surface area contributed by atoms with Crippen LogP contribution in [-0.4, -0.2) is 43.3 Å². The van der Waals surface area contributed by atoms with Crippen LogP contribution < -0.4 is 0 Å². The van der Waals surface area contributed by atoms with E-state index in [1.54, 1.807) is 0 Å². The monoisotopic (exact) mass is 142 g/mol. The Balaban J connectivity index is 2.63. The van der Waals surface area contributed by atoms with Gasteiger partial charge in [0.05, 0.1) is 18.5 Å². The van der Waals surface area contributed by atoms with E-state index in [1.807, 2.05) is 14.1 Å². The summed E-state index contributed by atoms with van der Waals surface area (Å²) in [4.78, 5) is 4.94. The number of quaternary nitrogens is 1. The second-order valence-corrected chi connectivity index (χ2v) is 2.96. The SMILES string of the molecule is CN1CC[N+](C)(N=[N+]=[N-])C1. The normalized spacial score (nSPS) is 33.8. The third-order valence-corrected chi connectivity index (χ3v) is 1.77. The van der Waals surface area contributed by atoms with Crippen molar-refractivity contribution in [2.45, 2.75) is 0 Å². The molecule has 1 rings (SSSR count). The fourth-order valence-corrected chi connectivity index (χ4v) is 1.22. The lowest BCUT2D eigenvalue weighted by Crippen LogP contribution is -2.36. The second kappa shape index (κ2) is 2.46. The summed E-state index contributed by atoms with van der Waals surface area (Å²) in [7, 11) is 3.96. The number of hydrogen-bond acceptors (Lipinski definition) is 2. The van der Waals surface area contributed by atoms with Crippen molar-refractivity contribution in [2.75, 3.05) is 33.9 Å². The lowest BCUT2D eigenvalue weighted by Gasteiger charge is -2.18. The van der Waals surface area contributed by atoms with Crippen LogP contribution in [0.2, 0.25) is 0 Å². The van der Waals surface area contributed by atoms with Gasteiger partial charge in [-0.25, -0.2) is 4.59 Å². The zero-order valence-corrected chi connectivity index (χ0v) is 6.36. The van der Waals surface area contributed by atoms with Gasteiger partial charge in [0.2, 0.25) is 0 Å². The Kier molecular flexibility index (Phi) is 1.80. The molecule has 0 spiro atoms. The molecule has 56 valence electrons. The largest absolute Gasteiger partial charge is 0.253 e. The minimum absolute atomic E-state index is 0.465. The molecule has 0 radical (unpaired) electrons. The van der Waals surface area contributed by atoms with Gasteiger partial charge in [-0.1, -0.05) is 0 Å². The first-order chi connectivity index (χ1) is 4.66. The van der Waals surface area contributed by atoms with Gasteiger partial charge in [0.15, 0.2) is 0 Å². The highest BCUT2D eigenvalue weighted by Gasteiger charge is 2.30. The van der Waals surface area contributed by atoms with Gasteiger partial charge < -0.3 is 0 Å². The van der Waals surface area contributed by atoms with Crippen LogP contribution in [-0.2, 0) is 0 Å². The highest BCUT2D eigenvalue weighted by Crippen LogP contribution is 2.11. The van der Waals surface area contributed by atoms with Gasteiger partial charge in [0.1, 0.15) is 18.4 Å². The molecule has 1 atom stereocenters. The average molecular weight is 142 g/mol. The lowest BCUT2D eigenvalue weighted by molar-refractivity contribution is -0.910. The highest BCUT2D eigenvalue weighted by atomic mass is 15.7. The summed E-state index contributed by atoms with van der Waals surface area (Å²) in [6, 6.07) is 0. The van der Waals surface area contributed by atoms with Gasteiger partial charge in [-0.2, -0.15) is 0 Å². The van der Waals surface area contributed by atoms with E-state index in [0.717, 1.165) is 19.8 Å². The van der Waals surface area contributed by atoms with Crippen molar-refractivity contribution in [3.05, 3.63) is 10.4 Å². The van der Waals surface area contributed by atoms with E-state index in [2.05, 4.69) is 15.0 Å².